The summed E-state index contributed by atoms with van der Waals surface area (Å²) >= 11 is 12.0. The van der Waals surface area contributed by atoms with Crippen molar-refractivity contribution in [1.82, 2.24) is 0 Å². The van der Waals surface area contributed by atoms with E-state index in [1.807, 2.05) is 42.5 Å². The normalized spacial score (nSPS) is 11.7. The van der Waals surface area contributed by atoms with Gasteiger partial charge in [-0.3, -0.25) is 4.79 Å². The molecule has 3 aromatic carbocycles. The van der Waals surface area contributed by atoms with Crippen LogP contribution in [0.25, 0.3) is 11.1 Å². The summed E-state index contributed by atoms with van der Waals surface area (Å²) < 4.78 is 0. The second-order valence-electron chi connectivity index (χ2n) is 5.92. The fourth-order valence-electron chi connectivity index (χ4n) is 2.54. The molecule has 0 fully saturated rings. The van der Waals surface area contributed by atoms with E-state index in [9.17, 15) is 4.79 Å². The first-order valence-electron chi connectivity index (χ1n) is 8.21. The predicted octanol–water partition coefficient (Wildman–Crippen LogP) is 6.10. The summed E-state index contributed by atoms with van der Waals surface area (Å²) in [4.78, 5) is 12.4. The van der Waals surface area contributed by atoms with Crippen LogP contribution in [0.4, 0.5) is 11.4 Å². The molecule has 3 aromatic rings. The molecule has 0 bridgehead atoms. The topological polar surface area (TPSA) is 41.1 Å². The van der Waals surface area contributed by atoms with Gasteiger partial charge in [0.25, 0.3) is 0 Å². The lowest BCUT2D eigenvalue weighted by molar-refractivity contribution is -0.116. The van der Waals surface area contributed by atoms with Crippen molar-refractivity contribution < 1.29 is 4.79 Å². The van der Waals surface area contributed by atoms with Gasteiger partial charge in [-0.2, -0.15) is 0 Å². The van der Waals surface area contributed by atoms with Crippen molar-refractivity contribution in [3.05, 3.63) is 82.8 Å². The van der Waals surface area contributed by atoms with Gasteiger partial charge in [0, 0.05) is 10.7 Å². The standard InChI is InChI=1S/C21H18Cl2N2O/c1-14(21(26)25-20-13-17(22)9-12-19(20)23)24-18-10-7-16(8-11-18)15-5-3-2-4-6-15/h2-14,24H,1H3,(H,25,26). The average molecular weight is 385 g/mol. The van der Waals surface area contributed by atoms with Crippen LogP contribution in [0.5, 0.6) is 0 Å². The number of amides is 1. The quantitative estimate of drug-likeness (QED) is 0.557. The Kier molecular flexibility index (Phi) is 5.82. The molecule has 132 valence electrons. The van der Waals surface area contributed by atoms with Crippen molar-refractivity contribution in [2.24, 2.45) is 0 Å². The summed E-state index contributed by atoms with van der Waals surface area (Å²) in [7, 11) is 0. The molecule has 5 heteroatoms. The fraction of sp³-hybridized carbons (Fsp3) is 0.0952. The third kappa shape index (κ3) is 4.57. The van der Waals surface area contributed by atoms with E-state index in [0.29, 0.717) is 15.7 Å². The van der Waals surface area contributed by atoms with Gasteiger partial charge in [-0.15, -0.1) is 0 Å². The summed E-state index contributed by atoms with van der Waals surface area (Å²) in [5, 5.41) is 6.94. The minimum absolute atomic E-state index is 0.193. The maximum Gasteiger partial charge on any atom is 0.246 e. The lowest BCUT2D eigenvalue weighted by atomic mass is 10.1. The molecular weight excluding hydrogens is 367 g/mol. The summed E-state index contributed by atoms with van der Waals surface area (Å²) in [6, 6.07) is 22.6. The van der Waals surface area contributed by atoms with Crippen LogP contribution >= 0.6 is 23.2 Å². The van der Waals surface area contributed by atoms with Crippen LogP contribution in [0.15, 0.2) is 72.8 Å². The number of anilines is 2. The highest BCUT2D eigenvalue weighted by molar-refractivity contribution is 6.35. The van der Waals surface area contributed by atoms with Crippen LogP contribution in [-0.4, -0.2) is 11.9 Å². The molecule has 0 saturated carbocycles. The number of carbonyl (C=O) groups excluding carboxylic acids is 1. The SMILES string of the molecule is CC(Nc1ccc(-c2ccccc2)cc1)C(=O)Nc1cc(Cl)ccc1Cl. The summed E-state index contributed by atoms with van der Waals surface area (Å²) in [6.07, 6.45) is 0. The van der Waals surface area contributed by atoms with E-state index in [2.05, 4.69) is 22.8 Å². The Labute approximate surface area is 163 Å². The zero-order valence-corrected chi connectivity index (χ0v) is 15.7. The Balaban J connectivity index is 1.64. The van der Waals surface area contributed by atoms with Crippen LogP contribution in [0, 0.1) is 0 Å². The van der Waals surface area contributed by atoms with Crippen LogP contribution in [0.1, 0.15) is 6.92 Å². The van der Waals surface area contributed by atoms with Crippen molar-refractivity contribution in [3.8, 4) is 11.1 Å². The molecule has 0 radical (unpaired) electrons. The number of carbonyl (C=O) groups is 1. The highest BCUT2D eigenvalue weighted by Gasteiger charge is 2.14. The Bertz CT molecular complexity index is 896. The molecule has 2 N–H and O–H groups in total. The van der Waals surface area contributed by atoms with Gasteiger partial charge in [-0.1, -0.05) is 65.7 Å². The molecule has 26 heavy (non-hydrogen) atoms. The molecule has 1 unspecified atom stereocenters. The molecule has 0 aromatic heterocycles. The minimum Gasteiger partial charge on any atom is -0.374 e. The van der Waals surface area contributed by atoms with Gasteiger partial charge in [-0.25, -0.2) is 0 Å². The number of nitrogens with one attached hydrogen (secondary N) is 2. The lowest BCUT2D eigenvalue weighted by Crippen LogP contribution is -2.31. The Morgan fingerprint density at radius 2 is 1.54 bits per heavy atom. The molecule has 1 atom stereocenters. The first kappa shape index (κ1) is 18.3. The van der Waals surface area contributed by atoms with Gasteiger partial charge >= 0.3 is 0 Å². The molecule has 0 aliphatic carbocycles. The van der Waals surface area contributed by atoms with Crippen LogP contribution in [0.2, 0.25) is 10.0 Å². The molecule has 3 rings (SSSR count). The smallest absolute Gasteiger partial charge is 0.246 e. The molecule has 3 nitrogen and oxygen atoms in total. The highest BCUT2D eigenvalue weighted by Crippen LogP contribution is 2.26. The predicted molar refractivity (Wildman–Crippen MR) is 110 cm³/mol. The number of rotatable bonds is 5. The van der Waals surface area contributed by atoms with Crippen molar-refractivity contribution in [3.63, 3.8) is 0 Å². The molecule has 0 spiro atoms. The van der Waals surface area contributed by atoms with E-state index in [1.54, 1.807) is 25.1 Å². The number of hydrogen-bond donors (Lipinski definition) is 2. The van der Waals surface area contributed by atoms with E-state index in [4.69, 9.17) is 23.2 Å². The zero-order valence-electron chi connectivity index (χ0n) is 14.2. The van der Waals surface area contributed by atoms with Gasteiger partial charge in [0.05, 0.1) is 10.7 Å². The Morgan fingerprint density at radius 3 is 2.23 bits per heavy atom. The summed E-state index contributed by atoms with van der Waals surface area (Å²) in [5.74, 6) is -0.193. The first-order valence-corrected chi connectivity index (χ1v) is 8.96. The van der Waals surface area contributed by atoms with Gasteiger partial charge < -0.3 is 10.6 Å². The van der Waals surface area contributed by atoms with Gasteiger partial charge in [-0.05, 0) is 48.4 Å². The Morgan fingerprint density at radius 1 is 0.885 bits per heavy atom. The molecule has 0 heterocycles. The second kappa shape index (κ2) is 8.26. The third-order valence-electron chi connectivity index (χ3n) is 3.95. The van der Waals surface area contributed by atoms with Crippen LogP contribution in [-0.2, 0) is 4.79 Å². The second-order valence-corrected chi connectivity index (χ2v) is 6.77. The number of halogens is 2. The van der Waals surface area contributed by atoms with Crippen LogP contribution in [0.3, 0.4) is 0 Å². The van der Waals surface area contributed by atoms with E-state index < -0.39 is 6.04 Å². The molecular formula is C21H18Cl2N2O. The van der Waals surface area contributed by atoms with E-state index in [-0.39, 0.29) is 5.91 Å². The number of benzene rings is 3. The number of hydrogen-bond acceptors (Lipinski definition) is 2. The average Bonchev–Trinajstić information content (AvgIpc) is 2.66. The van der Waals surface area contributed by atoms with Crippen LogP contribution < -0.4 is 10.6 Å². The molecule has 0 saturated heterocycles. The first-order chi connectivity index (χ1) is 12.5. The molecule has 0 aliphatic rings. The van der Waals surface area contributed by atoms with Crippen molar-refractivity contribution >= 4 is 40.5 Å². The van der Waals surface area contributed by atoms with Crippen molar-refractivity contribution in [1.29, 1.82) is 0 Å². The van der Waals surface area contributed by atoms with E-state index >= 15 is 0 Å². The fourth-order valence-corrected chi connectivity index (χ4v) is 2.88. The van der Waals surface area contributed by atoms with Gasteiger partial charge in [0.2, 0.25) is 5.91 Å². The third-order valence-corrected chi connectivity index (χ3v) is 4.52. The minimum atomic E-state index is -0.437. The summed E-state index contributed by atoms with van der Waals surface area (Å²) in [5.41, 5.74) is 3.64. The zero-order chi connectivity index (χ0) is 18.5. The van der Waals surface area contributed by atoms with Crippen molar-refractivity contribution in [2.75, 3.05) is 10.6 Å². The van der Waals surface area contributed by atoms with Gasteiger partial charge in [0.15, 0.2) is 0 Å². The largest absolute Gasteiger partial charge is 0.374 e. The van der Waals surface area contributed by atoms with Gasteiger partial charge in [0.1, 0.15) is 6.04 Å². The molecule has 1 amide bonds. The van der Waals surface area contributed by atoms with E-state index in [0.717, 1.165) is 16.8 Å². The van der Waals surface area contributed by atoms with Crippen molar-refractivity contribution in [2.45, 2.75) is 13.0 Å². The maximum atomic E-state index is 12.4. The Hall–Kier alpha value is -2.49. The summed E-state index contributed by atoms with van der Waals surface area (Å²) in [6.45, 7) is 1.79. The highest BCUT2D eigenvalue weighted by atomic mass is 35.5. The van der Waals surface area contributed by atoms with E-state index in [1.165, 1.54) is 0 Å². The lowest BCUT2D eigenvalue weighted by Gasteiger charge is -2.16. The monoisotopic (exact) mass is 384 g/mol. The maximum absolute atomic E-state index is 12.4. The molecule has 0 aliphatic heterocycles.